The maximum Gasteiger partial charge on any atom is 0.407 e. The van der Waals surface area contributed by atoms with E-state index in [-0.39, 0.29) is 18.4 Å². The summed E-state index contributed by atoms with van der Waals surface area (Å²) < 4.78 is 15.6. The van der Waals surface area contributed by atoms with Crippen LogP contribution in [0.15, 0.2) is 53.0 Å². The number of hydrogen-bond donors (Lipinski definition) is 3. The number of likely N-dealkylation sites (tertiary alicyclic amines) is 1. The quantitative estimate of drug-likeness (QED) is 0.627. The van der Waals surface area contributed by atoms with Crippen LogP contribution in [0.4, 0.5) is 9.18 Å². The van der Waals surface area contributed by atoms with Gasteiger partial charge in [-0.3, -0.25) is 10.1 Å². The molecule has 6 nitrogen and oxygen atoms in total. The van der Waals surface area contributed by atoms with Gasteiger partial charge >= 0.3 is 6.09 Å². The van der Waals surface area contributed by atoms with E-state index < -0.39 is 22.9 Å². The third kappa shape index (κ3) is 3.86. The summed E-state index contributed by atoms with van der Waals surface area (Å²) in [4.78, 5) is 25.5. The van der Waals surface area contributed by atoms with Gasteiger partial charge in [-0.1, -0.05) is 34.1 Å². The number of benzene rings is 2. The predicted octanol–water partition coefficient (Wildman–Crippen LogP) is 3.44. The molecular formula is C20H19BrFN3O3S. The first kappa shape index (κ1) is 20.2. The number of rotatable bonds is 3. The second-order valence-electron chi connectivity index (χ2n) is 7.15. The third-order valence-electron chi connectivity index (χ3n) is 5.41. The highest BCUT2D eigenvalue weighted by molar-refractivity contribution is 9.10. The maximum absolute atomic E-state index is 14.8. The van der Waals surface area contributed by atoms with Crippen molar-refractivity contribution in [1.82, 2.24) is 15.5 Å². The molecule has 9 heteroatoms. The number of halogens is 2. The summed E-state index contributed by atoms with van der Waals surface area (Å²) in [7, 11) is 0. The van der Waals surface area contributed by atoms with E-state index in [2.05, 4.69) is 26.6 Å². The zero-order valence-corrected chi connectivity index (χ0v) is 17.7. The molecule has 2 aliphatic heterocycles. The minimum absolute atomic E-state index is 0.110. The Morgan fingerprint density at radius 1 is 1.28 bits per heavy atom. The predicted molar refractivity (Wildman–Crippen MR) is 112 cm³/mol. The lowest BCUT2D eigenvalue weighted by Gasteiger charge is -2.43. The molecule has 2 aromatic carbocycles. The fraction of sp³-hybridized carbons (Fsp3) is 0.300. The van der Waals surface area contributed by atoms with Crippen LogP contribution in [-0.4, -0.2) is 46.3 Å². The standard InChI is InChI=1S/C20H19BrFN3O3S/c21-14-6-7-16(22)15(8-14)20-11-25(19(27)28)9-13(20)10-29-18(24-20)23-17(26)12-4-2-1-3-5-12/h1-8,13,18,24H,9-11H2,(H,23,26)(H,27,28). The molecule has 3 atom stereocenters. The van der Waals surface area contributed by atoms with Crippen LogP contribution in [0.1, 0.15) is 15.9 Å². The number of amides is 2. The smallest absolute Gasteiger partial charge is 0.407 e. The molecule has 2 aliphatic rings. The first-order valence-corrected chi connectivity index (χ1v) is 10.9. The van der Waals surface area contributed by atoms with Gasteiger partial charge in [-0.2, -0.15) is 0 Å². The molecule has 3 unspecified atom stereocenters. The van der Waals surface area contributed by atoms with Crippen molar-refractivity contribution in [3.8, 4) is 0 Å². The van der Waals surface area contributed by atoms with Crippen molar-refractivity contribution in [1.29, 1.82) is 0 Å². The highest BCUT2D eigenvalue weighted by Crippen LogP contribution is 2.44. The molecule has 0 saturated carbocycles. The van der Waals surface area contributed by atoms with E-state index >= 15 is 0 Å². The van der Waals surface area contributed by atoms with Gasteiger partial charge in [0.15, 0.2) is 0 Å². The minimum atomic E-state index is -1.04. The molecule has 152 valence electrons. The Kier molecular flexibility index (Phi) is 5.54. The van der Waals surface area contributed by atoms with E-state index in [9.17, 15) is 19.1 Å². The zero-order chi connectivity index (χ0) is 20.6. The number of thioether (sulfide) groups is 1. The number of carbonyl (C=O) groups is 2. The van der Waals surface area contributed by atoms with Crippen LogP contribution in [-0.2, 0) is 5.54 Å². The number of fused-ring (bicyclic) bond motifs is 1. The summed E-state index contributed by atoms with van der Waals surface area (Å²) in [6, 6.07) is 13.5. The lowest BCUT2D eigenvalue weighted by atomic mass is 9.81. The average molecular weight is 480 g/mol. The molecule has 2 amide bonds. The van der Waals surface area contributed by atoms with Crippen molar-refractivity contribution >= 4 is 39.7 Å². The van der Waals surface area contributed by atoms with Crippen LogP contribution >= 0.6 is 27.7 Å². The summed E-state index contributed by atoms with van der Waals surface area (Å²) in [6.45, 7) is 0.416. The largest absolute Gasteiger partial charge is 0.465 e. The van der Waals surface area contributed by atoms with Gasteiger partial charge in [-0.25, -0.2) is 9.18 Å². The van der Waals surface area contributed by atoms with E-state index in [4.69, 9.17) is 0 Å². The molecule has 0 bridgehead atoms. The Morgan fingerprint density at radius 3 is 2.76 bits per heavy atom. The fourth-order valence-corrected chi connectivity index (χ4v) is 5.66. The van der Waals surface area contributed by atoms with Gasteiger partial charge in [0.2, 0.25) is 0 Å². The maximum atomic E-state index is 14.8. The minimum Gasteiger partial charge on any atom is -0.465 e. The lowest BCUT2D eigenvalue weighted by molar-refractivity contribution is 0.0931. The molecule has 4 rings (SSSR count). The van der Waals surface area contributed by atoms with Crippen molar-refractivity contribution in [2.24, 2.45) is 5.92 Å². The Morgan fingerprint density at radius 2 is 2.03 bits per heavy atom. The van der Waals surface area contributed by atoms with E-state index in [1.54, 1.807) is 36.4 Å². The Labute approximate surface area is 180 Å². The number of hydrogen-bond acceptors (Lipinski definition) is 4. The van der Waals surface area contributed by atoms with E-state index in [0.29, 0.717) is 27.9 Å². The Bertz CT molecular complexity index is 948. The summed E-state index contributed by atoms with van der Waals surface area (Å²) in [5.41, 5.74) is -0.476. The highest BCUT2D eigenvalue weighted by atomic mass is 79.9. The average Bonchev–Trinajstić information content (AvgIpc) is 3.11. The number of carboxylic acid groups (broad SMARTS) is 1. The number of nitrogens with zero attached hydrogens (tertiary/aromatic N) is 1. The number of nitrogens with one attached hydrogen (secondary N) is 2. The molecule has 29 heavy (non-hydrogen) atoms. The van der Waals surface area contributed by atoms with Gasteiger partial charge in [0.05, 0.1) is 5.54 Å². The van der Waals surface area contributed by atoms with Gasteiger partial charge in [0.1, 0.15) is 11.3 Å². The fourth-order valence-electron chi connectivity index (χ4n) is 4.00. The SMILES string of the molecule is O=C(NC1NC2(c3cc(Br)ccc3F)CN(C(=O)O)CC2CS1)c1ccccc1. The highest BCUT2D eigenvalue weighted by Gasteiger charge is 2.54. The zero-order valence-electron chi connectivity index (χ0n) is 15.3. The van der Waals surface area contributed by atoms with Gasteiger partial charge in [0, 0.05) is 40.4 Å². The van der Waals surface area contributed by atoms with Gasteiger partial charge < -0.3 is 15.3 Å². The van der Waals surface area contributed by atoms with Gasteiger partial charge in [-0.15, -0.1) is 11.8 Å². The normalized spacial score (nSPS) is 26.1. The van der Waals surface area contributed by atoms with Crippen molar-refractivity contribution in [3.63, 3.8) is 0 Å². The molecule has 2 aromatic rings. The molecule has 3 N–H and O–H groups in total. The topological polar surface area (TPSA) is 81.7 Å². The van der Waals surface area contributed by atoms with E-state index in [1.165, 1.54) is 22.7 Å². The van der Waals surface area contributed by atoms with Crippen LogP contribution in [0, 0.1) is 11.7 Å². The van der Waals surface area contributed by atoms with Crippen LogP contribution in [0.5, 0.6) is 0 Å². The van der Waals surface area contributed by atoms with Crippen LogP contribution < -0.4 is 10.6 Å². The summed E-state index contributed by atoms with van der Waals surface area (Å²) in [6.07, 6.45) is -1.04. The van der Waals surface area contributed by atoms with Crippen molar-refractivity contribution in [2.45, 2.75) is 11.0 Å². The molecule has 2 saturated heterocycles. The van der Waals surface area contributed by atoms with Crippen LogP contribution in [0.3, 0.4) is 0 Å². The first-order chi connectivity index (χ1) is 13.9. The van der Waals surface area contributed by atoms with Crippen molar-refractivity contribution in [2.75, 3.05) is 18.8 Å². The third-order valence-corrected chi connectivity index (χ3v) is 7.07. The molecule has 0 aliphatic carbocycles. The van der Waals surface area contributed by atoms with Crippen molar-refractivity contribution in [3.05, 3.63) is 69.9 Å². The van der Waals surface area contributed by atoms with E-state index in [1.807, 2.05) is 6.07 Å². The van der Waals surface area contributed by atoms with Crippen molar-refractivity contribution < 1.29 is 19.1 Å². The van der Waals surface area contributed by atoms with Gasteiger partial charge in [-0.05, 0) is 30.3 Å². The van der Waals surface area contributed by atoms with Crippen LogP contribution in [0.25, 0.3) is 0 Å². The molecular weight excluding hydrogens is 461 g/mol. The molecule has 0 spiro atoms. The Hall–Kier alpha value is -2.10. The molecule has 2 heterocycles. The monoisotopic (exact) mass is 479 g/mol. The molecule has 0 radical (unpaired) electrons. The first-order valence-electron chi connectivity index (χ1n) is 9.08. The number of carbonyl (C=O) groups excluding carboxylic acids is 1. The summed E-state index contributed by atoms with van der Waals surface area (Å²) in [5, 5.41) is 15.8. The summed E-state index contributed by atoms with van der Waals surface area (Å²) in [5.74, 6) is -0.190. The second kappa shape index (κ2) is 7.97. The van der Waals surface area contributed by atoms with Gasteiger partial charge in [0.25, 0.3) is 5.91 Å². The lowest BCUT2D eigenvalue weighted by Crippen LogP contribution is -2.61. The van der Waals surface area contributed by atoms with E-state index in [0.717, 1.165) is 0 Å². The summed E-state index contributed by atoms with van der Waals surface area (Å²) >= 11 is 4.87. The molecule has 0 aromatic heterocycles. The second-order valence-corrected chi connectivity index (χ2v) is 9.21. The Balaban J connectivity index is 1.65. The molecule has 2 fully saturated rings. The van der Waals surface area contributed by atoms with Crippen LogP contribution in [0.2, 0.25) is 0 Å².